The number of para-hydroxylation sites is 1. The Hall–Kier alpha value is -2.24. The molecule has 0 heterocycles. The third kappa shape index (κ3) is 3.65. The largest absolute Gasteiger partial charge is 0.506 e. The number of primary amides is 1. The summed E-state index contributed by atoms with van der Waals surface area (Å²) >= 11 is 11.7. The van der Waals surface area contributed by atoms with Crippen LogP contribution in [0.4, 0.5) is 10.5 Å². The fourth-order valence-corrected chi connectivity index (χ4v) is 2.13. The molecule has 0 radical (unpaired) electrons. The van der Waals surface area contributed by atoms with E-state index in [0.29, 0.717) is 10.7 Å². The first kappa shape index (κ1) is 15.2. The lowest BCUT2D eigenvalue weighted by atomic mass is 10.2. The number of anilines is 1. The van der Waals surface area contributed by atoms with Gasteiger partial charge >= 0.3 is 6.03 Å². The number of phenols is 1. The van der Waals surface area contributed by atoms with Gasteiger partial charge in [-0.25, -0.2) is 4.79 Å². The van der Waals surface area contributed by atoms with Crippen LogP contribution in [0.25, 0.3) is 0 Å². The van der Waals surface area contributed by atoms with Crippen LogP contribution >= 0.6 is 23.2 Å². The Morgan fingerprint density at radius 2 is 1.90 bits per heavy atom. The van der Waals surface area contributed by atoms with Gasteiger partial charge < -0.3 is 10.8 Å². The predicted octanol–water partition coefficient (Wildman–Crippen LogP) is 3.62. The molecule has 7 heteroatoms. The number of nitrogens with two attached hydrogens (primary N) is 1. The number of aromatic hydroxyl groups is 1. The highest BCUT2D eigenvalue weighted by Crippen LogP contribution is 2.30. The molecule has 0 aliphatic carbocycles. The van der Waals surface area contributed by atoms with Crippen LogP contribution in [0.3, 0.4) is 0 Å². The zero-order valence-electron chi connectivity index (χ0n) is 10.7. The van der Waals surface area contributed by atoms with Crippen molar-refractivity contribution in [2.75, 3.05) is 5.01 Å². The summed E-state index contributed by atoms with van der Waals surface area (Å²) in [7, 11) is 0. The highest BCUT2D eigenvalue weighted by atomic mass is 35.5. The zero-order chi connectivity index (χ0) is 15.4. The summed E-state index contributed by atoms with van der Waals surface area (Å²) in [5.41, 5.74) is 6.06. The number of carbonyl (C=O) groups excluding carboxylic acids is 1. The zero-order valence-corrected chi connectivity index (χ0v) is 12.2. The number of carbonyl (C=O) groups is 1. The van der Waals surface area contributed by atoms with E-state index in [9.17, 15) is 9.90 Å². The fourth-order valence-electron chi connectivity index (χ4n) is 1.62. The van der Waals surface area contributed by atoms with Crippen LogP contribution in [-0.2, 0) is 0 Å². The molecule has 0 bridgehead atoms. The number of halogens is 2. The van der Waals surface area contributed by atoms with E-state index < -0.39 is 6.03 Å². The minimum atomic E-state index is -0.759. The summed E-state index contributed by atoms with van der Waals surface area (Å²) in [6, 6.07) is 10.7. The number of phenolic OH excluding ortho intramolecular Hbond substituents is 1. The molecule has 21 heavy (non-hydrogen) atoms. The number of benzene rings is 2. The Kier molecular flexibility index (Phi) is 4.67. The summed E-state index contributed by atoms with van der Waals surface area (Å²) in [5, 5.41) is 15.2. The van der Waals surface area contributed by atoms with Crippen molar-refractivity contribution in [3.05, 3.63) is 58.1 Å². The Bertz CT molecular complexity index is 690. The monoisotopic (exact) mass is 323 g/mol. The molecule has 0 fully saturated rings. The van der Waals surface area contributed by atoms with Crippen molar-refractivity contribution in [1.82, 2.24) is 0 Å². The second-order valence-electron chi connectivity index (χ2n) is 4.06. The molecule has 108 valence electrons. The van der Waals surface area contributed by atoms with Crippen molar-refractivity contribution in [3.63, 3.8) is 0 Å². The number of rotatable bonds is 3. The molecule has 2 amide bonds. The van der Waals surface area contributed by atoms with Crippen molar-refractivity contribution < 1.29 is 9.90 Å². The molecule has 2 aromatic rings. The number of hydrogen-bond acceptors (Lipinski definition) is 3. The topological polar surface area (TPSA) is 78.9 Å². The Morgan fingerprint density at radius 3 is 2.52 bits per heavy atom. The van der Waals surface area contributed by atoms with E-state index in [1.54, 1.807) is 30.3 Å². The van der Waals surface area contributed by atoms with Crippen molar-refractivity contribution in [1.29, 1.82) is 0 Å². The number of amides is 2. The molecule has 0 aromatic heterocycles. The minimum Gasteiger partial charge on any atom is -0.506 e. The first-order chi connectivity index (χ1) is 9.99. The highest BCUT2D eigenvalue weighted by Gasteiger charge is 2.11. The lowest BCUT2D eigenvalue weighted by molar-refractivity contribution is 0.254. The van der Waals surface area contributed by atoms with Crippen LogP contribution in [-0.4, -0.2) is 17.4 Å². The van der Waals surface area contributed by atoms with Gasteiger partial charge in [0.1, 0.15) is 5.75 Å². The normalized spacial score (nSPS) is 10.8. The van der Waals surface area contributed by atoms with Gasteiger partial charge in [-0.05, 0) is 24.3 Å². The quantitative estimate of drug-likeness (QED) is 0.668. The van der Waals surface area contributed by atoms with Crippen molar-refractivity contribution >= 4 is 41.1 Å². The first-order valence-corrected chi connectivity index (χ1v) is 6.61. The lowest BCUT2D eigenvalue weighted by Gasteiger charge is -2.14. The average Bonchev–Trinajstić information content (AvgIpc) is 2.45. The van der Waals surface area contributed by atoms with Crippen molar-refractivity contribution in [3.8, 4) is 5.75 Å². The molecule has 0 saturated heterocycles. The number of urea groups is 1. The van der Waals surface area contributed by atoms with Gasteiger partial charge in [0.15, 0.2) is 0 Å². The van der Waals surface area contributed by atoms with E-state index in [-0.39, 0.29) is 16.3 Å². The van der Waals surface area contributed by atoms with E-state index >= 15 is 0 Å². The molecule has 2 rings (SSSR count). The van der Waals surface area contributed by atoms with Crippen LogP contribution in [0.2, 0.25) is 10.0 Å². The molecule has 3 N–H and O–H groups in total. The van der Waals surface area contributed by atoms with E-state index in [1.807, 2.05) is 0 Å². The predicted molar refractivity (Wildman–Crippen MR) is 84.2 cm³/mol. The van der Waals surface area contributed by atoms with E-state index in [4.69, 9.17) is 28.9 Å². The van der Waals surface area contributed by atoms with Crippen LogP contribution in [0.1, 0.15) is 5.56 Å². The molecular weight excluding hydrogens is 313 g/mol. The Balaban J connectivity index is 2.36. The van der Waals surface area contributed by atoms with Crippen molar-refractivity contribution in [2.45, 2.75) is 0 Å². The van der Waals surface area contributed by atoms with Gasteiger partial charge in [-0.1, -0.05) is 41.4 Å². The van der Waals surface area contributed by atoms with E-state index in [0.717, 1.165) is 5.01 Å². The molecule has 2 aromatic carbocycles. The summed E-state index contributed by atoms with van der Waals surface area (Å²) in [5.74, 6) is -0.178. The second kappa shape index (κ2) is 6.47. The Morgan fingerprint density at radius 1 is 1.24 bits per heavy atom. The summed E-state index contributed by atoms with van der Waals surface area (Å²) in [4.78, 5) is 11.5. The number of hydrazone groups is 1. The van der Waals surface area contributed by atoms with Crippen LogP contribution in [0, 0.1) is 0 Å². The second-order valence-corrected chi connectivity index (χ2v) is 4.90. The maximum Gasteiger partial charge on any atom is 0.340 e. The van der Waals surface area contributed by atoms with Crippen LogP contribution in [0.5, 0.6) is 5.75 Å². The molecule has 0 atom stereocenters. The molecule has 0 saturated carbocycles. The molecule has 0 unspecified atom stereocenters. The van der Waals surface area contributed by atoms with Gasteiger partial charge in [0.05, 0.1) is 16.9 Å². The third-order valence-corrected chi connectivity index (χ3v) is 3.09. The molecule has 5 nitrogen and oxygen atoms in total. The van der Waals surface area contributed by atoms with Crippen LogP contribution < -0.4 is 10.7 Å². The summed E-state index contributed by atoms with van der Waals surface area (Å²) in [6.45, 7) is 0. The molecule has 0 aliphatic heterocycles. The van der Waals surface area contributed by atoms with Crippen molar-refractivity contribution in [2.24, 2.45) is 10.8 Å². The van der Waals surface area contributed by atoms with E-state index in [1.165, 1.54) is 18.3 Å². The van der Waals surface area contributed by atoms with Gasteiger partial charge in [0, 0.05) is 10.6 Å². The maximum absolute atomic E-state index is 11.5. The standard InChI is InChI=1S/C14H11Cl2N3O2/c15-10-6-9(13(20)12(16)7-10)8-18-19(14(17)21)11-4-2-1-3-5-11/h1-8,20H,(H2,17,21). The van der Waals surface area contributed by atoms with Gasteiger partial charge in [0.25, 0.3) is 0 Å². The smallest absolute Gasteiger partial charge is 0.340 e. The van der Waals surface area contributed by atoms with Crippen LogP contribution in [0.15, 0.2) is 47.6 Å². The molecule has 0 spiro atoms. The first-order valence-electron chi connectivity index (χ1n) is 5.85. The third-order valence-electron chi connectivity index (χ3n) is 2.58. The molecule has 0 aliphatic rings. The van der Waals surface area contributed by atoms with Gasteiger partial charge in [-0.2, -0.15) is 10.1 Å². The number of nitrogens with zero attached hydrogens (tertiary/aromatic N) is 2. The Labute approximate surface area is 131 Å². The molecular formula is C14H11Cl2N3O2. The average molecular weight is 324 g/mol. The van der Waals surface area contributed by atoms with Gasteiger partial charge in [0.2, 0.25) is 0 Å². The maximum atomic E-state index is 11.5. The number of hydrogen-bond donors (Lipinski definition) is 2. The minimum absolute atomic E-state index is 0.0919. The lowest BCUT2D eigenvalue weighted by Crippen LogP contribution is -2.31. The van der Waals surface area contributed by atoms with Gasteiger partial charge in [-0.15, -0.1) is 0 Å². The highest BCUT2D eigenvalue weighted by molar-refractivity contribution is 6.36. The summed E-state index contributed by atoms with van der Waals surface area (Å²) in [6.07, 6.45) is 1.25. The SMILES string of the molecule is NC(=O)N(N=Cc1cc(Cl)cc(Cl)c1O)c1ccccc1. The van der Waals surface area contributed by atoms with E-state index in [2.05, 4.69) is 5.10 Å². The summed E-state index contributed by atoms with van der Waals surface area (Å²) < 4.78 is 0. The fraction of sp³-hybridized carbons (Fsp3) is 0. The van der Waals surface area contributed by atoms with Gasteiger partial charge in [-0.3, -0.25) is 0 Å².